The third kappa shape index (κ3) is 6.10. The molecule has 0 aliphatic carbocycles. The fraction of sp³-hybridized carbons (Fsp3) is 0.263. The smallest absolute Gasteiger partial charge is 0.269 e. The summed E-state index contributed by atoms with van der Waals surface area (Å²) in [6.07, 6.45) is 0. The molecule has 2 aromatic rings. The van der Waals surface area contributed by atoms with E-state index < -0.39 is 4.92 Å². The molecule has 0 aliphatic rings. The Morgan fingerprint density at radius 1 is 1.12 bits per heavy atom. The number of benzene rings is 2. The summed E-state index contributed by atoms with van der Waals surface area (Å²) >= 11 is 0. The van der Waals surface area contributed by atoms with Gasteiger partial charge in [0.15, 0.2) is 0 Å². The van der Waals surface area contributed by atoms with Crippen molar-refractivity contribution in [1.82, 2.24) is 0 Å². The molecule has 0 fully saturated rings. The number of rotatable bonds is 9. The summed E-state index contributed by atoms with van der Waals surface area (Å²) in [5.74, 6) is 0. The van der Waals surface area contributed by atoms with Crippen molar-refractivity contribution >= 4 is 22.7 Å². The predicted octanol–water partition coefficient (Wildman–Crippen LogP) is 5.04. The van der Waals surface area contributed by atoms with Crippen LogP contribution in [0.3, 0.4) is 0 Å². The second-order valence-corrected chi connectivity index (χ2v) is 5.92. The van der Waals surface area contributed by atoms with Crippen molar-refractivity contribution in [2.24, 2.45) is 10.2 Å². The second kappa shape index (κ2) is 9.43. The molecule has 0 saturated carbocycles. The van der Waals surface area contributed by atoms with Gasteiger partial charge in [-0.25, -0.2) is 0 Å². The monoisotopic (exact) mass is 354 g/mol. The molecule has 7 nitrogen and oxygen atoms in total. The molecular formula is C19H22N4O3. The van der Waals surface area contributed by atoms with E-state index in [1.54, 1.807) is 12.1 Å². The predicted molar refractivity (Wildman–Crippen MR) is 103 cm³/mol. The fourth-order valence-corrected chi connectivity index (χ4v) is 2.11. The van der Waals surface area contributed by atoms with E-state index in [9.17, 15) is 10.1 Å². The number of nitro groups is 1. The van der Waals surface area contributed by atoms with Crippen LogP contribution in [0.2, 0.25) is 0 Å². The summed E-state index contributed by atoms with van der Waals surface area (Å²) < 4.78 is 5.50. The van der Waals surface area contributed by atoms with E-state index in [1.807, 2.05) is 38.2 Å². The Balaban J connectivity index is 1.89. The minimum absolute atomic E-state index is 0.0311. The Morgan fingerprint density at radius 3 is 2.15 bits per heavy atom. The van der Waals surface area contributed by atoms with Gasteiger partial charge < -0.3 is 9.64 Å². The summed E-state index contributed by atoms with van der Waals surface area (Å²) in [6.45, 7) is 7.73. The average molecular weight is 354 g/mol. The van der Waals surface area contributed by atoms with Gasteiger partial charge in [0, 0.05) is 31.4 Å². The Morgan fingerprint density at radius 2 is 1.65 bits per heavy atom. The summed E-state index contributed by atoms with van der Waals surface area (Å²) in [4.78, 5) is 12.3. The van der Waals surface area contributed by atoms with Crippen molar-refractivity contribution in [2.75, 3.05) is 31.7 Å². The highest BCUT2D eigenvalue weighted by atomic mass is 16.6. The topological polar surface area (TPSA) is 80.3 Å². The number of nitrogens with zero attached hydrogens (tertiary/aromatic N) is 4. The zero-order valence-electron chi connectivity index (χ0n) is 15.0. The van der Waals surface area contributed by atoms with Crippen LogP contribution in [-0.4, -0.2) is 31.7 Å². The van der Waals surface area contributed by atoms with Gasteiger partial charge >= 0.3 is 0 Å². The Hall–Kier alpha value is -3.06. The Bertz CT molecular complexity index is 770. The summed E-state index contributed by atoms with van der Waals surface area (Å²) in [6, 6.07) is 13.6. The normalized spacial score (nSPS) is 10.8. The lowest BCUT2D eigenvalue weighted by atomic mass is 10.2. The van der Waals surface area contributed by atoms with Crippen molar-refractivity contribution in [2.45, 2.75) is 6.92 Å². The van der Waals surface area contributed by atoms with E-state index in [4.69, 9.17) is 4.74 Å². The van der Waals surface area contributed by atoms with Crippen LogP contribution in [0.5, 0.6) is 0 Å². The van der Waals surface area contributed by atoms with Gasteiger partial charge in [-0.15, -0.1) is 0 Å². The van der Waals surface area contributed by atoms with Gasteiger partial charge in [-0.1, -0.05) is 12.2 Å². The number of likely N-dealkylation sites (N-methyl/N-ethyl adjacent to an activating group) is 1. The molecule has 0 heterocycles. The number of nitro benzene ring substituents is 1. The molecule has 0 saturated heterocycles. The lowest BCUT2D eigenvalue weighted by molar-refractivity contribution is -0.384. The Kier molecular flexibility index (Phi) is 6.99. The highest BCUT2D eigenvalue weighted by molar-refractivity contribution is 5.52. The fourth-order valence-electron chi connectivity index (χ4n) is 2.11. The molecule has 0 spiro atoms. The van der Waals surface area contributed by atoms with Crippen LogP contribution in [0.1, 0.15) is 6.92 Å². The molecule has 0 N–H and O–H groups in total. The SMILES string of the molecule is C=C(C)COCCN(C)c1ccc(/N=N/c2ccc([N+](=O)[O-])cc2)cc1. The molecule has 7 heteroatoms. The van der Waals surface area contributed by atoms with Crippen molar-refractivity contribution in [3.8, 4) is 0 Å². The van der Waals surface area contributed by atoms with Crippen LogP contribution in [0, 0.1) is 10.1 Å². The highest BCUT2D eigenvalue weighted by Gasteiger charge is 2.04. The highest BCUT2D eigenvalue weighted by Crippen LogP contribution is 2.23. The Labute approximate surface area is 152 Å². The van der Waals surface area contributed by atoms with Crippen molar-refractivity contribution in [3.05, 3.63) is 70.8 Å². The van der Waals surface area contributed by atoms with Crippen LogP contribution in [0.4, 0.5) is 22.7 Å². The molecule has 2 rings (SSSR count). The van der Waals surface area contributed by atoms with Gasteiger partial charge in [0.25, 0.3) is 5.69 Å². The minimum atomic E-state index is -0.445. The van der Waals surface area contributed by atoms with Gasteiger partial charge in [-0.3, -0.25) is 10.1 Å². The molecule has 0 aromatic heterocycles. The molecule has 0 atom stereocenters. The maximum atomic E-state index is 10.6. The van der Waals surface area contributed by atoms with Crippen LogP contribution < -0.4 is 4.90 Å². The van der Waals surface area contributed by atoms with Gasteiger partial charge in [0.05, 0.1) is 29.5 Å². The first-order valence-corrected chi connectivity index (χ1v) is 8.15. The quantitative estimate of drug-likeness (QED) is 0.208. The lowest BCUT2D eigenvalue weighted by Crippen LogP contribution is -2.22. The number of azo groups is 1. The summed E-state index contributed by atoms with van der Waals surface area (Å²) in [5, 5.41) is 18.9. The van der Waals surface area contributed by atoms with Gasteiger partial charge in [-0.2, -0.15) is 10.2 Å². The third-order valence-electron chi connectivity index (χ3n) is 3.55. The number of ether oxygens (including phenoxy) is 1. The van der Waals surface area contributed by atoms with Crippen molar-refractivity contribution in [3.63, 3.8) is 0 Å². The molecule has 0 amide bonds. The lowest BCUT2D eigenvalue weighted by Gasteiger charge is -2.19. The average Bonchev–Trinajstić information content (AvgIpc) is 2.64. The first-order valence-electron chi connectivity index (χ1n) is 8.15. The molecule has 0 unspecified atom stereocenters. The summed E-state index contributed by atoms with van der Waals surface area (Å²) in [5.41, 5.74) is 3.36. The van der Waals surface area contributed by atoms with Crippen LogP contribution in [-0.2, 0) is 4.74 Å². The van der Waals surface area contributed by atoms with Gasteiger partial charge in [-0.05, 0) is 43.3 Å². The van der Waals surface area contributed by atoms with E-state index >= 15 is 0 Å². The van der Waals surface area contributed by atoms with Crippen LogP contribution in [0.15, 0.2) is 70.9 Å². The maximum absolute atomic E-state index is 10.6. The minimum Gasteiger partial charge on any atom is -0.375 e. The van der Waals surface area contributed by atoms with E-state index in [0.717, 1.165) is 17.8 Å². The summed E-state index contributed by atoms with van der Waals surface area (Å²) in [7, 11) is 2.00. The number of non-ortho nitro benzene ring substituents is 1. The maximum Gasteiger partial charge on any atom is 0.269 e. The molecule has 0 aliphatic heterocycles. The molecule has 2 aromatic carbocycles. The zero-order chi connectivity index (χ0) is 18.9. The number of anilines is 1. The van der Waals surface area contributed by atoms with Crippen LogP contribution in [0.25, 0.3) is 0 Å². The largest absolute Gasteiger partial charge is 0.375 e. The first kappa shape index (κ1) is 19.3. The second-order valence-electron chi connectivity index (χ2n) is 5.92. The molecular weight excluding hydrogens is 332 g/mol. The van der Waals surface area contributed by atoms with E-state index in [0.29, 0.717) is 24.6 Å². The van der Waals surface area contributed by atoms with Gasteiger partial charge in [0.2, 0.25) is 0 Å². The third-order valence-corrected chi connectivity index (χ3v) is 3.55. The number of hydrogen-bond donors (Lipinski definition) is 0. The van der Waals surface area contributed by atoms with Crippen molar-refractivity contribution < 1.29 is 9.66 Å². The van der Waals surface area contributed by atoms with E-state index in [1.165, 1.54) is 12.1 Å². The van der Waals surface area contributed by atoms with Crippen molar-refractivity contribution in [1.29, 1.82) is 0 Å². The molecule has 26 heavy (non-hydrogen) atoms. The molecule has 0 radical (unpaired) electrons. The van der Waals surface area contributed by atoms with E-state index in [-0.39, 0.29) is 5.69 Å². The zero-order valence-corrected chi connectivity index (χ0v) is 15.0. The van der Waals surface area contributed by atoms with Crippen LogP contribution >= 0.6 is 0 Å². The van der Waals surface area contributed by atoms with Gasteiger partial charge in [0.1, 0.15) is 0 Å². The van der Waals surface area contributed by atoms with E-state index in [2.05, 4.69) is 21.7 Å². The first-order chi connectivity index (χ1) is 12.5. The standard InChI is InChI=1S/C19H22N4O3/c1-15(2)14-26-13-12-22(3)18-8-4-16(5-9-18)20-21-17-6-10-19(11-7-17)23(24)25/h4-11H,1,12-14H2,2-3H3/b21-20+. The number of hydrogen-bond acceptors (Lipinski definition) is 6. The molecule has 136 valence electrons. The molecule has 0 bridgehead atoms.